The predicted octanol–water partition coefficient (Wildman–Crippen LogP) is 3.41. The highest BCUT2D eigenvalue weighted by atomic mass is 35.5. The number of aryl methyl sites for hydroxylation is 2. The van der Waals surface area contributed by atoms with Crippen LogP contribution in [0.3, 0.4) is 0 Å². The van der Waals surface area contributed by atoms with Gasteiger partial charge in [-0.15, -0.1) is 0 Å². The second-order valence-electron chi connectivity index (χ2n) is 3.60. The summed E-state index contributed by atoms with van der Waals surface area (Å²) in [4.78, 5) is 0. The van der Waals surface area contributed by atoms with E-state index in [2.05, 4.69) is 5.10 Å². The molecule has 6 heteroatoms. The molecule has 0 aliphatic heterocycles. The van der Waals surface area contributed by atoms with Crippen LogP contribution in [0.2, 0.25) is 10.0 Å². The molecule has 0 bridgehead atoms. The van der Waals surface area contributed by atoms with Crippen molar-refractivity contribution < 1.29 is 4.74 Å². The van der Waals surface area contributed by atoms with Crippen molar-refractivity contribution in [2.45, 2.75) is 6.92 Å². The number of rotatable bonds is 2. The lowest BCUT2D eigenvalue weighted by Crippen LogP contribution is -1.97. The number of nitrogens with two attached hydrogens (primary N) is 1. The summed E-state index contributed by atoms with van der Waals surface area (Å²) < 4.78 is 7.20. The van der Waals surface area contributed by atoms with Crippen molar-refractivity contribution in [2.75, 3.05) is 5.73 Å². The standard InChI is InChI=1S/C11H11Cl2N3O/c1-6-10(14)11(16(2)15-6)17-9-4-3-7(12)5-8(9)13/h3-5H,14H2,1-2H3. The molecular weight excluding hydrogens is 261 g/mol. The van der Waals surface area contributed by atoms with Crippen LogP contribution in [0.4, 0.5) is 5.69 Å². The quantitative estimate of drug-likeness (QED) is 0.911. The smallest absolute Gasteiger partial charge is 0.241 e. The zero-order chi connectivity index (χ0) is 12.6. The van der Waals surface area contributed by atoms with Crippen molar-refractivity contribution in [3.05, 3.63) is 33.9 Å². The van der Waals surface area contributed by atoms with Gasteiger partial charge in [0.1, 0.15) is 11.4 Å². The molecule has 4 nitrogen and oxygen atoms in total. The van der Waals surface area contributed by atoms with E-state index in [1.54, 1.807) is 29.9 Å². The Bertz CT molecular complexity index is 566. The van der Waals surface area contributed by atoms with Gasteiger partial charge in [0.05, 0.1) is 10.7 Å². The summed E-state index contributed by atoms with van der Waals surface area (Å²) in [6.45, 7) is 1.81. The van der Waals surface area contributed by atoms with E-state index in [-0.39, 0.29) is 0 Å². The minimum atomic E-state index is 0.427. The van der Waals surface area contributed by atoms with Crippen molar-refractivity contribution >= 4 is 28.9 Å². The van der Waals surface area contributed by atoms with Gasteiger partial charge >= 0.3 is 0 Å². The molecule has 0 unspecified atom stereocenters. The lowest BCUT2D eigenvalue weighted by atomic mass is 10.3. The lowest BCUT2D eigenvalue weighted by Gasteiger charge is -2.08. The maximum absolute atomic E-state index is 6.01. The molecule has 0 spiro atoms. The molecule has 2 rings (SSSR count). The number of ether oxygens (including phenoxy) is 1. The Morgan fingerprint density at radius 1 is 1.35 bits per heavy atom. The van der Waals surface area contributed by atoms with Crippen LogP contribution < -0.4 is 10.5 Å². The van der Waals surface area contributed by atoms with E-state index in [1.165, 1.54) is 0 Å². The summed E-state index contributed by atoms with van der Waals surface area (Å²) >= 11 is 11.8. The van der Waals surface area contributed by atoms with Crippen molar-refractivity contribution in [3.63, 3.8) is 0 Å². The van der Waals surface area contributed by atoms with E-state index in [4.69, 9.17) is 33.7 Å². The van der Waals surface area contributed by atoms with Gasteiger partial charge in [0.15, 0.2) is 0 Å². The van der Waals surface area contributed by atoms with E-state index in [1.807, 2.05) is 6.92 Å². The Morgan fingerprint density at radius 3 is 2.59 bits per heavy atom. The van der Waals surface area contributed by atoms with Crippen LogP contribution in [-0.2, 0) is 7.05 Å². The van der Waals surface area contributed by atoms with Gasteiger partial charge in [0, 0.05) is 12.1 Å². The molecule has 0 aliphatic carbocycles. The van der Waals surface area contributed by atoms with Crippen LogP contribution in [0.25, 0.3) is 0 Å². The zero-order valence-electron chi connectivity index (χ0n) is 9.37. The summed E-state index contributed by atoms with van der Waals surface area (Å²) in [5.41, 5.74) is 7.07. The predicted molar refractivity (Wildman–Crippen MR) is 68.9 cm³/mol. The zero-order valence-corrected chi connectivity index (χ0v) is 10.9. The Hall–Kier alpha value is -1.39. The molecule has 0 atom stereocenters. The minimum absolute atomic E-state index is 0.427. The molecule has 0 saturated heterocycles. The average molecular weight is 272 g/mol. The van der Waals surface area contributed by atoms with Crippen molar-refractivity contribution in [1.82, 2.24) is 9.78 Å². The van der Waals surface area contributed by atoms with Gasteiger partial charge in [-0.1, -0.05) is 23.2 Å². The average Bonchev–Trinajstić information content (AvgIpc) is 2.48. The summed E-state index contributed by atoms with van der Waals surface area (Å²) in [6.07, 6.45) is 0. The van der Waals surface area contributed by atoms with Crippen LogP contribution in [-0.4, -0.2) is 9.78 Å². The number of anilines is 1. The molecule has 2 N–H and O–H groups in total. The van der Waals surface area contributed by atoms with Gasteiger partial charge in [-0.3, -0.25) is 0 Å². The number of hydrogen-bond acceptors (Lipinski definition) is 3. The Kier molecular flexibility index (Phi) is 3.17. The summed E-state index contributed by atoms with van der Waals surface area (Å²) in [6, 6.07) is 4.99. The molecule has 0 aliphatic rings. The fourth-order valence-electron chi connectivity index (χ4n) is 1.44. The van der Waals surface area contributed by atoms with Crippen molar-refractivity contribution in [2.24, 2.45) is 7.05 Å². The van der Waals surface area contributed by atoms with Crippen LogP contribution in [0.1, 0.15) is 5.69 Å². The monoisotopic (exact) mass is 271 g/mol. The van der Waals surface area contributed by atoms with Gasteiger partial charge in [-0.05, 0) is 25.1 Å². The number of nitrogen functional groups attached to an aromatic ring is 1. The number of hydrogen-bond donors (Lipinski definition) is 1. The minimum Gasteiger partial charge on any atom is -0.436 e. The molecule has 1 aromatic carbocycles. The molecule has 1 aromatic heterocycles. The third-order valence-electron chi connectivity index (χ3n) is 2.31. The maximum atomic E-state index is 6.01. The number of aromatic nitrogens is 2. The Morgan fingerprint density at radius 2 is 2.06 bits per heavy atom. The third-order valence-corrected chi connectivity index (χ3v) is 2.85. The summed E-state index contributed by atoms with van der Waals surface area (Å²) in [5, 5.41) is 5.13. The van der Waals surface area contributed by atoms with Crippen molar-refractivity contribution in [1.29, 1.82) is 0 Å². The maximum Gasteiger partial charge on any atom is 0.241 e. The van der Waals surface area contributed by atoms with E-state index in [0.717, 1.165) is 0 Å². The normalized spacial score (nSPS) is 10.6. The topological polar surface area (TPSA) is 53.1 Å². The first-order valence-corrected chi connectivity index (χ1v) is 5.66. The van der Waals surface area contributed by atoms with Crippen LogP contribution in [0, 0.1) is 6.92 Å². The largest absolute Gasteiger partial charge is 0.436 e. The second kappa shape index (κ2) is 4.47. The van der Waals surface area contributed by atoms with E-state index in [0.29, 0.717) is 33.1 Å². The van der Waals surface area contributed by atoms with E-state index in [9.17, 15) is 0 Å². The molecule has 0 amide bonds. The molecular formula is C11H11Cl2N3O. The first-order valence-electron chi connectivity index (χ1n) is 4.91. The Balaban J connectivity index is 2.38. The number of benzene rings is 1. The SMILES string of the molecule is Cc1nn(C)c(Oc2ccc(Cl)cc2Cl)c1N. The number of nitrogens with zero attached hydrogens (tertiary/aromatic N) is 2. The fraction of sp³-hybridized carbons (Fsp3) is 0.182. The molecule has 0 fully saturated rings. The second-order valence-corrected chi connectivity index (χ2v) is 4.45. The van der Waals surface area contributed by atoms with Crippen LogP contribution in [0.15, 0.2) is 18.2 Å². The first-order chi connectivity index (χ1) is 7.99. The van der Waals surface area contributed by atoms with Crippen LogP contribution >= 0.6 is 23.2 Å². The van der Waals surface area contributed by atoms with Gasteiger partial charge in [0.2, 0.25) is 5.88 Å². The van der Waals surface area contributed by atoms with Gasteiger partial charge in [0.25, 0.3) is 0 Å². The molecule has 0 saturated carbocycles. The number of halogens is 2. The highest BCUT2D eigenvalue weighted by molar-refractivity contribution is 6.35. The van der Waals surface area contributed by atoms with E-state index >= 15 is 0 Å². The molecule has 2 aromatic rings. The molecule has 17 heavy (non-hydrogen) atoms. The van der Waals surface area contributed by atoms with Gasteiger partial charge < -0.3 is 10.5 Å². The van der Waals surface area contributed by atoms with Gasteiger partial charge in [-0.25, -0.2) is 4.68 Å². The fourth-order valence-corrected chi connectivity index (χ4v) is 1.88. The highest BCUT2D eigenvalue weighted by Crippen LogP contribution is 2.34. The molecule has 90 valence electrons. The summed E-state index contributed by atoms with van der Waals surface area (Å²) in [5.74, 6) is 0.956. The highest BCUT2D eigenvalue weighted by Gasteiger charge is 2.13. The van der Waals surface area contributed by atoms with E-state index < -0.39 is 0 Å². The Labute approximate surface area is 109 Å². The van der Waals surface area contributed by atoms with Crippen LogP contribution in [0.5, 0.6) is 11.6 Å². The molecule has 0 radical (unpaired) electrons. The third kappa shape index (κ3) is 2.33. The van der Waals surface area contributed by atoms with Gasteiger partial charge in [-0.2, -0.15) is 5.10 Å². The van der Waals surface area contributed by atoms with Crippen molar-refractivity contribution in [3.8, 4) is 11.6 Å². The lowest BCUT2D eigenvalue weighted by molar-refractivity contribution is 0.433. The first kappa shape index (κ1) is 12.1. The molecule has 1 heterocycles. The summed E-state index contributed by atoms with van der Waals surface area (Å²) in [7, 11) is 1.75.